The summed E-state index contributed by atoms with van der Waals surface area (Å²) in [5.74, 6) is -0.217. The zero-order chi connectivity index (χ0) is 20.3. The van der Waals surface area contributed by atoms with E-state index in [1.165, 1.54) is 37.0 Å². The van der Waals surface area contributed by atoms with Gasteiger partial charge in [0.05, 0.1) is 8.07 Å². The normalized spacial score (nSPS) is 14.9. The van der Waals surface area contributed by atoms with E-state index in [4.69, 9.17) is 9.78 Å². The summed E-state index contributed by atoms with van der Waals surface area (Å²) in [5.41, 5.74) is 0.0280. The lowest BCUT2D eigenvalue weighted by Crippen LogP contribution is -2.37. The van der Waals surface area contributed by atoms with E-state index in [1.54, 1.807) is 0 Å². The van der Waals surface area contributed by atoms with Gasteiger partial charge in [-0.1, -0.05) is 85.5 Å². The molecule has 0 aliphatic carbocycles. The molecule has 0 heterocycles. The molecule has 0 aromatic heterocycles. The number of carbonyl (C=O) groups excluding carboxylic acids is 1. The molecule has 0 amide bonds. The predicted octanol–water partition coefficient (Wildman–Crippen LogP) is 7.53. The first-order valence-electron chi connectivity index (χ1n) is 10.9. The smallest absolute Gasteiger partial charge is 0.298 e. The minimum Gasteiger partial charge on any atom is -0.298 e. The summed E-state index contributed by atoms with van der Waals surface area (Å²) < 4.78 is 0. The first-order chi connectivity index (χ1) is 12.1. The second-order valence-corrected chi connectivity index (χ2v) is 15.1. The van der Waals surface area contributed by atoms with Gasteiger partial charge in [0.1, 0.15) is 5.60 Å². The molecule has 4 heteroatoms. The number of carbonyl (C=O) groups is 1. The maximum Gasteiger partial charge on any atom is 0.342 e. The molecule has 0 radical (unpaired) electrons. The molecular weight excluding hydrogens is 340 g/mol. The minimum absolute atomic E-state index is 0.217. The van der Waals surface area contributed by atoms with E-state index < -0.39 is 8.07 Å². The molecule has 0 N–H and O–H groups in total. The summed E-state index contributed by atoms with van der Waals surface area (Å²) in [6.45, 7) is 18.0. The fourth-order valence-electron chi connectivity index (χ4n) is 3.38. The van der Waals surface area contributed by atoms with Crippen LogP contribution in [0.4, 0.5) is 0 Å². The van der Waals surface area contributed by atoms with Crippen LogP contribution in [0.1, 0.15) is 100 Å². The van der Waals surface area contributed by atoms with Gasteiger partial charge in [-0.3, -0.25) is 4.89 Å². The number of unbranched alkanes of at least 4 members (excludes halogenated alkanes) is 2. The Morgan fingerprint density at radius 2 is 1.42 bits per heavy atom. The van der Waals surface area contributed by atoms with Crippen molar-refractivity contribution in [3.05, 3.63) is 0 Å². The molecule has 0 aliphatic heterocycles. The Balaban J connectivity index is 4.23. The van der Waals surface area contributed by atoms with Gasteiger partial charge >= 0.3 is 5.97 Å². The summed E-state index contributed by atoms with van der Waals surface area (Å²) in [5, 5.41) is 0. The highest BCUT2D eigenvalue weighted by Crippen LogP contribution is 2.32. The molecule has 0 aromatic carbocycles. The van der Waals surface area contributed by atoms with Gasteiger partial charge < -0.3 is 0 Å². The fourth-order valence-corrected chi connectivity index (χ4v) is 7.00. The molecule has 0 rings (SSSR count). The monoisotopic (exact) mass is 386 g/mol. The standard InChI is InChI=1S/C22H46O3Si/c1-9-22(8,18-19-26(10-2,11-3)12-4)25-24-20(23)16-14-13-15-17-21(5,6)7/h9-19H2,1-8H3. The van der Waals surface area contributed by atoms with Gasteiger partial charge in [0.15, 0.2) is 0 Å². The van der Waals surface area contributed by atoms with Crippen LogP contribution < -0.4 is 0 Å². The van der Waals surface area contributed by atoms with Crippen LogP contribution in [0.2, 0.25) is 24.2 Å². The van der Waals surface area contributed by atoms with Crippen LogP contribution in [0, 0.1) is 5.41 Å². The van der Waals surface area contributed by atoms with Crippen molar-refractivity contribution in [1.29, 1.82) is 0 Å². The third kappa shape index (κ3) is 10.7. The SMILES string of the molecule is CCC(C)(CC[Si](CC)(CC)CC)OOC(=O)CCCCCC(C)(C)C. The summed E-state index contributed by atoms with van der Waals surface area (Å²) >= 11 is 0. The maximum atomic E-state index is 12.0. The van der Waals surface area contributed by atoms with Gasteiger partial charge in [-0.15, -0.1) is 0 Å². The van der Waals surface area contributed by atoms with E-state index in [2.05, 4.69) is 55.4 Å². The van der Waals surface area contributed by atoms with E-state index >= 15 is 0 Å². The average Bonchev–Trinajstić information content (AvgIpc) is 2.60. The highest BCUT2D eigenvalue weighted by Gasteiger charge is 2.33. The fraction of sp³-hybridized carbons (Fsp3) is 0.955. The van der Waals surface area contributed by atoms with Crippen molar-refractivity contribution in [3.63, 3.8) is 0 Å². The molecule has 0 aromatic rings. The predicted molar refractivity (Wildman–Crippen MR) is 115 cm³/mol. The molecule has 1 unspecified atom stereocenters. The van der Waals surface area contributed by atoms with Gasteiger partial charge in [-0.2, -0.15) is 4.89 Å². The molecule has 0 saturated carbocycles. The second-order valence-electron chi connectivity index (χ2n) is 9.52. The first kappa shape index (κ1) is 25.6. The van der Waals surface area contributed by atoms with Crippen LogP contribution in [0.15, 0.2) is 0 Å². The van der Waals surface area contributed by atoms with E-state index in [9.17, 15) is 4.79 Å². The summed E-state index contributed by atoms with van der Waals surface area (Å²) in [6.07, 6.45) is 6.65. The first-order valence-corrected chi connectivity index (χ1v) is 13.8. The molecule has 156 valence electrons. The Hall–Kier alpha value is -0.353. The lowest BCUT2D eigenvalue weighted by atomic mass is 9.89. The molecule has 3 nitrogen and oxygen atoms in total. The van der Waals surface area contributed by atoms with Crippen LogP contribution in [0.3, 0.4) is 0 Å². The van der Waals surface area contributed by atoms with Crippen molar-refractivity contribution in [3.8, 4) is 0 Å². The average molecular weight is 387 g/mol. The Bertz CT molecular complexity index is 377. The number of rotatable bonds is 14. The van der Waals surface area contributed by atoms with E-state index in [0.29, 0.717) is 11.8 Å². The van der Waals surface area contributed by atoms with Gasteiger partial charge in [-0.25, -0.2) is 4.79 Å². The van der Waals surface area contributed by atoms with E-state index in [1.807, 2.05) is 0 Å². The summed E-state index contributed by atoms with van der Waals surface area (Å²) in [4.78, 5) is 22.8. The largest absolute Gasteiger partial charge is 0.342 e. The lowest BCUT2D eigenvalue weighted by Gasteiger charge is -2.33. The van der Waals surface area contributed by atoms with Crippen LogP contribution in [-0.2, 0) is 14.6 Å². The number of hydrogen-bond acceptors (Lipinski definition) is 3. The van der Waals surface area contributed by atoms with Crippen molar-refractivity contribution < 1.29 is 14.6 Å². The molecule has 0 saturated heterocycles. The van der Waals surface area contributed by atoms with E-state index in [0.717, 1.165) is 25.7 Å². The van der Waals surface area contributed by atoms with Gasteiger partial charge in [0.2, 0.25) is 0 Å². The van der Waals surface area contributed by atoms with Crippen LogP contribution >= 0.6 is 0 Å². The minimum atomic E-state index is -1.17. The highest BCUT2D eigenvalue weighted by atomic mass is 28.3. The van der Waals surface area contributed by atoms with Crippen LogP contribution in [-0.4, -0.2) is 19.6 Å². The van der Waals surface area contributed by atoms with Crippen LogP contribution in [0.25, 0.3) is 0 Å². The topological polar surface area (TPSA) is 35.5 Å². The zero-order valence-corrected chi connectivity index (χ0v) is 20.0. The van der Waals surface area contributed by atoms with Crippen molar-refractivity contribution in [2.45, 2.75) is 130 Å². The molecule has 26 heavy (non-hydrogen) atoms. The maximum absolute atomic E-state index is 12.0. The lowest BCUT2D eigenvalue weighted by molar-refractivity contribution is -0.330. The Morgan fingerprint density at radius 3 is 1.88 bits per heavy atom. The van der Waals surface area contributed by atoms with Gasteiger partial charge in [-0.05, 0) is 38.0 Å². The van der Waals surface area contributed by atoms with Crippen molar-refractivity contribution in [2.24, 2.45) is 5.41 Å². The third-order valence-corrected chi connectivity index (χ3v) is 12.1. The van der Waals surface area contributed by atoms with Crippen LogP contribution in [0.5, 0.6) is 0 Å². The molecule has 0 bridgehead atoms. The Labute approximate surface area is 164 Å². The third-order valence-electron chi connectivity index (χ3n) is 6.33. The second kappa shape index (κ2) is 12.2. The molecule has 0 fully saturated rings. The molecule has 1 atom stereocenters. The molecule has 0 aliphatic rings. The molecule has 0 spiro atoms. The van der Waals surface area contributed by atoms with Gasteiger partial charge in [0.25, 0.3) is 0 Å². The summed E-state index contributed by atoms with van der Waals surface area (Å²) in [7, 11) is -1.17. The van der Waals surface area contributed by atoms with Crippen molar-refractivity contribution >= 4 is 14.0 Å². The number of hydrogen-bond donors (Lipinski definition) is 0. The van der Waals surface area contributed by atoms with Crippen molar-refractivity contribution in [1.82, 2.24) is 0 Å². The van der Waals surface area contributed by atoms with E-state index in [-0.39, 0.29) is 11.6 Å². The Morgan fingerprint density at radius 1 is 0.846 bits per heavy atom. The Kier molecular flexibility index (Phi) is 12.0. The highest BCUT2D eigenvalue weighted by molar-refractivity contribution is 6.79. The quantitative estimate of drug-likeness (QED) is 0.134. The zero-order valence-electron chi connectivity index (χ0n) is 19.0. The van der Waals surface area contributed by atoms with Crippen molar-refractivity contribution in [2.75, 3.05) is 0 Å². The van der Waals surface area contributed by atoms with Gasteiger partial charge in [0, 0.05) is 6.42 Å². The molecular formula is C22H46O3Si. The summed E-state index contributed by atoms with van der Waals surface area (Å²) in [6, 6.07) is 5.24.